The van der Waals surface area contributed by atoms with Gasteiger partial charge in [-0.1, -0.05) is 55.5 Å². The van der Waals surface area contributed by atoms with Gasteiger partial charge in [0, 0.05) is 12.3 Å². The lowest BCUT2D eigenvalue weighted by Crippen LogP contribution is -2.19. The summed E-state index contributed by atoms with van der Waals surface area (Å²) in [7, 11) is 0. The van der Waals surface area contributed by atoms with Crippen molar-refractivity contribution in [1.29, 1.82) is 0 Å². The number of aryl methyl sites for hydroxylation is 2. The third-order valence-electron chi connectivity index (χ3n) is 3.46. The number of nitrogens with zero attached hydrogens (tertiary/aromatic N) is 2. The fraction of sp³-hybridized carbons (Fsp3) is 0.438. The Balaban J connectivity index is 1.79. The molecule has 1 aromatic carbocycles. The van der Waals surface area contributed by atoms with Gasteiger partial charge in [-0.3, -0.25) is 4.79 Å². The van der Waals surface area contributed by atoms with Crippen molar-refractivity contribution < 1.29 is 4.79 Å². The molecule has 0 aliphatic rings. The number of nitrogens with one attached hydrogen (secondary N) is 1. The van der Waals surface area contributed by atoms with Gasteiger partial charge in [-0.2, -0.15) is 0 Å². The Morgan fingerprint density at radius 3 is 2.71 bits per heavy atom. The number of hydrogen-bond donors (Lipinski definition) is 1. The molecule has 0 aliphatic heterocycles. The van der Waals surface area contributed by atoms with Gasteiger partial charge in [-0.05, 0) is 24.8 Å². The predicted octanol–water partition coefficient (Wildman–Crippen LogP) is 3.70. The number of carbonyl (C=O) groups excluding carboxylic acids is 1. The molecular formula is C16H21N3OS. The van der Waals surface area contributed by atoms with Gasteiger partial charge in [-0.25, -0.2) is 0 Å². The number of amides is 1. The Labute approximate surface area is 129 Å². The molecular weight excluding hydrogens is 282 g/mol. The van der Waals surface area contributed by atoms with Crippen molar-refractivity contribution in [2.75, 3.05) is 5.32 Å². The van der Waals surface area contributed by atoms with Gasteiger partial charge in [-0.15, -0.1) is 10.2 Å². The lowest BCUT2D eigenvalue weighted by atomic mass is 10.1. The Kier molecular flexibility index (Phi) is 5.87. The molecule has 0 radical (unpaired) electrons. The summed E-state index contributed by atoms with van der Waals surface area (Å²) in [4.78, 5) is 11.8. The fourth-order valence-electron chi connectivity index (χ4n) is 1.91. The van der Waals surface area contributed by atoms with E-state index in [1.54, 1.807) is 0 Å². The van der Waals surface area contributed by atoms with Gasteiger partial charge in [0.15, 0.2) is 0 Å². The summed E-state index contributed by atoms with van der Waals surface area (Å²) >= 11 is 1.47. The van der Waals surface area contributed by atoms with E-state index in [1.807, 2.05) is 19.9 Å². The predicted molar refractivity (Wildman–Crippen MR) is 86.5 cm³/mol. The van der Waals surface area contributed by atoms with Crippen LogP contribution in [0.2, 0.25) is 0 Å². The van der Waals surface area contributed by atoms with Crippen LogP contribution in [0.3, 0.4) is 0 Å². The summed E-state index contributed by atoms with van der Waals surface area (Å²) < 4.78 is 0. The molecule has 1 amide bonds. The van der Waals surface area contributed by atoms with Crippen LogP contribution in [-0.2, 0) is 17.6 Å². The van der Waals surface area contributed by atoms with E-state index in [9.17, 15) is 4.79 Å². The van der Waals surface area contributed by atoms with Gasteiger partial charge >= 0.3 is 0 Å². The van der Waals surface area contributed by atoms with Crippen molar-refractivity contribution in [1.82, 2.24) is 10.2 Å². The molecule has 4 nitrogen and oxygen atoms in total. The van der Waals surface area contributed by atoms with E-state index in [2.05, 4.69) is 39.8 Å². The van der Waals surface area contributed by atoms with Crippen LogP contribution >= 0.6 is 11.3 Å². The second kappa shape index (κ2) is 7.88. The van der Waals surface area contributed by atoms with Crippen LogP contribution in [0.25, 0.3) is 0 Å². The average Bonchev–Trinajstić information content (AvgIpc) is 2.95. The largest absolute Gasteiger partial charge is 0.300 e. The zero-order chi connectivity index (χ0) is 15.1. The fourth-order valence-corrected chi connectivity index (χ4v) is 2.69. The second-order valence-corrected chi connectivity index (χ2v) is 6.20. The lowest BCUT2D eigenvalue weighted by molar-refractivity contribution is -0.119. The minimum Gasteiger partial charge on any atom is -0.300 e. The molecule has 2 aromatic rings. The van der Waals surface area contributed by atoms with Crippen molar-refractivity contribution in [3.8, 4) is 0 Å². The molecule has 1 heterocycles. The molecule has 0 aliphatic carbocycles. The van der Waals surface area contributed by atoms with Gasteiger partial charge in [0.2, 0.25) is 11.0 Å². The molecule has 1 aromatic heterocycles. The first-order chi connectivity index (χ1) is 10.2. The van der Waals surface area contributed by atoms with Crippen molar-refractivity contribution in [2.24, 2.45) is 5.92 Å². The summed E-state index contributed by atoms with van der Waals surface area (Å²) in [6, 6.07) is 10.4. The third-order valence-corrected chi connectivity index (χ3v) is 4.35. The minimum absolute atomic E-state index is 0.00966. The Hall–Kier alpha value is -1.75. The van der Waals surface area contributed by atoms with E-state index in [4.69, 9.17) is 0 Å². The molecule has 112 valence electrons. The molecule has 0 bridgehead atoms. The monoisotopic (exact) mass is 303 g/mol. The molecule has 0 fully saturated rings. The summed E-state index contributed by atoms with van der Waals surface area (Å²) in [5, 5.41) is 12.6. The van der Waals surface area contributed by atoms with Crippen LogP contribution < -0.4 is 5.32 Å². The van der Waals surface area contributed by atoms with Crippen LogP contribution in [0.5, 0.6) is 0 Å². The highest BCUT2D eigenvalue weighted by atomic mass is 32.1. The van der Waals surface area contributed by atoms with Crippen LogP contribution in [0.1, 0.15) is 37.3 Å². The van der Waals surface area contributed by atoms with Crippen molar-refractivity contribution in [2.45, 2.75) is 39.5 Å². The smallest absolute Gasteiger partial charge is 0.229 e. The maximum atomic E-state index is 11.8. The number of aromatic nitrogens is 2. The number of rotatable bonds is 7. The van der Waals surface area contributed by atoms with Crippen molar-refractivity contribution >= 4 is 22.4 Å². The molecule has 1 unspecified atom stereocenters. The molecule has 5 heteroatoms. The normalized spacial score (nSPS) is 12.1. The molecule has 21 heavy (non-hydrogen) atoms. The van der Waals surface area contributed by atoms with Gasteiger partial charge in [0.05, 0.1) is 0 Å². The summed E-state index contributed by atoms with van der Waals surface area (Å²) in [6.45, 7) is 3.91. The van der Waals surface area contributed by atoms with Crippen LogP contribution in [0.15, 0.2) is 30.3 Å². The van der Waals surface area contributed by atoms with Crippen molar-refractivity contribution in [3.63, 3.8) is 0 Å². The third kappa shape index (κ3) is 4.93. The number of hydrogen-bond acceptors (Lipinski definition) is 4. The summed E-state index contributed by atoms with van der Waals surface area (Å²) in [6.07, 6.45) is 3.80. The Morgan fingerprint density at radius 1 is 1.24 bits per heavy atom. The van der Waals surface area contributed by atoms with E-state index in [-0.39, 0.29) is 11.8 Å². The number of anilines is 1. The quantitative estimate of drug-likeness (QED) is 0.848. The minimum atomic E-state index is 0.00966. The highest BCUT2D eigenvalue weighted by Gasteiger charge is 2.13. The highest BCUT2D eigenvalue weighted by Crippen LogP contribution is 2.18. The highest BCUT2D eigenvalue weighted by molar-refractivity contribution is 7.15. The zero-order valence-electron chi connectivity index (χ0n) is 12.5. The SMILES string of the molecule is CCC(C)C(=O)Nc1nnc(CCCc2ccccc2)s1. The molecule has 1 atom stereocenters. The molecule has 2 rings (SSSR count). The molecule has 0 saturated carbocycles. The summed E-state index contributed by atoms with van der Waals surface area (Å²) in [5.74, 6) is 0.0277. The van der Waals surface area contributed by atoms with E-state index in [0.717, 1.165) is 30.7 Å². The van der Waals surface area contributed by atoms with E-state index >= 15 is 0 Å². The average molecular weight is 303 g/mol. The summed E-state index contributed by atoms with van der Waals surface area (Å²) in [5.41, 5.74) is 1.34. The van der Waals surface area contributed by atoms with Gasteiger partial charge in [0.25, 0.3) is 0 Å². The molecule has 0 saturated heterocycles. The first-order valence-electron chi connectivity index (χ1n) is 7.36. The van der Waals surface area contributed by atoms with Crippen LogP contribution in [0, 0.1) is 5.92 Å². The topological polar surface area (TPSA) is 54.9 Å². The van der Waals surface area contributed by atoms with E-state index in [1.165, 1.54) is 16.9 Å². The van der Waals surface area contributed by atoms with Crippen LogP contribution in [-0.4, -0.2) is 16.1 Å². The molecule has 1 N–H and O–H groups in total. The van der Waals surface area contributed by atoms with Gasteiger partial charge < -0.3 is 5.32 Å². The second-order valence-electron chi connectivity index (χ2n) is 5.14. The Morgan fingerprint density at radius 2 is 2.00 bits per heavy atom. The number of carbonyl (C=O) groups is 1. The zero-order valence-corrected chi connectivity index (χ0v) is 13.3. The maximum absolute atomic E-state index is 11.8. The Bertz CT molecular complexity index is 568. The van der Waals surface area contributed by atoms with E-state index < -0.39 is 0 Å². The first kappa shape index (κ1) is 15.6. The molecule has 0 spiro atoms. The maximum Gasteiger partial charge on any atom is 0.229 e. The lowest BCUT2D eigenvalue weighted by Gasteiger charge is -2.06. The van der Waals surface area contributed by atoms with Crippen LogP contribution in [0.4, 0.5) is 5.13 Å². The van der Waals surface area contributed by atoms with E-state index in [0.29, 0.717) is 5.13 Å². The van der Waals surface area contributed by atoms with Crippen molar-refractivity contribution in [3.05, 3.63) is 40.9 Å². The first-order valence-corrected chi connectivity index (χ1v) is 8.18. The number of benzene rings is 1. The standard InChI is InChI=1S/C16H21N3OS/c1-3-12(2)15(20)17-16-19-18-14(21-16)11-7-10-13-8-5-4-6-9-13/h4-6,8-9,12H,3,7,10-11H2,1-2H3,(H,17,19,20). The van der Waals surface area contributed by atoms with Gasteiger partial charge in [0.1, 0.15) is 5.01 Å².